The van der Waals surface area contributed by atoms with Crippen LogP contribution in [-0.4, -0.2) is 21.3 Å². The molecule has 0 saturated carbocycles. The Hall–Kier alpha value is -1.39. The van der Waals surface area contributed by atoms with Gasteiger partial charge in [-0.3, -0.25) is 4.79 Å². The lowest BCUT2D eigenvalue weighted by atomic mass is 10.2. The monoisotopic (exact) mass is 241 g/mol. The van der Waals surface area contributed by atoms with Gasteiger partial charge in [-0.15, -0.1) is 5.10 Å². The number of hydrogen-bond acceptors (Lipinski definition) is 3. The molecule has 76 valence electrons. The van der Waals surface area contributed by atoms with Crippen LogP contribution in [0.3, 0.4) is 0 Å². The third-order valence-electron chi connectivity index (χ3n) is 1.83. The van der Waals surface area contributed by atoms with Crippen LogP contribution in [0.15, 0.2) is 24.4 Å². The van der Waals surface area contributed by atoms with Crippen LogP contribution < -0.4 is 0 Å². The number of benzene rings is 1. The van der Waals surface area contributed by atoms with Crippen molar-refractivity contribution in [3.8, 4) is 5.69 Å². The first-order valence-corrected chi connectivity index (χ1v) is 4.79. The molecule has 0 unspecified atom stereocenters. The summed E-state index contributed by atoms with van der Waals surface area (Å²) in [6.07, 6.45) is 2.22. The third-order valence-corrected chi connectivity index (χ3v) is 2.24. The summed E-state index contributed by atoms with van der Waals surface area (Å²) >= 11 is 11.4. The van der Waals surface area contributed by atoms with Gasteiger partial charge < -0.3 is 0 Å². The second kappa shape index (κ2) is 4.00. The fourth-order valence-electron chi connectivity index (χ4n) is 1.19. The smallest absolute Gasteiger partial charge is 0.171 e. The zero-order valence-electron chi connectivity index (χ0n) is 7.39. The summed E-state index contributed by atoms with van der Waals surface area (Å²) in [4.78, 5) is 10.8. The van der Waals surface area contributed by atoms with Crippen LogP contribution in [0.5, 0.6) is 0 Å². The summed E-state index contributed by atoms with van der Waals surface area (Å²) in [7, 11) is 0. The normalized spacial score (nSPS) is 10.3. The number of carbonyl (C=O) groups is 1. The van der Waals surface area contributed by atoms with E-state index in [-0.39, 0.29) is 5.15 Å². The van der Waals surface area contributed by atoms with Crippen molar-refractivity contribution in [3.05, 3.63) is 40.1 Å². The Bertz CT molecular complexity index is 510. The zero-order valence-corrected chi connectivity index (χ0v) is 8.90. The van der Waals surface area contributed by atoms with E-state index in [2.05, 4.69) is 10.3 Å². The van der Waals surface area contributed by atoms with Gasteiger partial charge in [-0.2, -0.15) is 0 Å². The van der Waals surface area contributed by atoms with Crippen molar-refractivity contribution in [1.29, 1.82) is 0 Å². The van der Waals surface area contributed by atoms with Crippen molar-refractivity contribution in [1.82, 2.24) is 15.0 Å². The van der Waals surface area contributed by atoms with Crippen LogP contribution in [0.2, 0.25) is 10.2 Å². The maximum atomic E-state index is 10.8. The van der Waals surface area contributed by atoms with E-state index in [9.17, 15) is 4.79 Å². The molecule has 1 heterocycles. The molecule has 1 aromatic heterocycles. The molecule has 0 N–H and O–H groups in total. The third kappa shape index (κ3) is 2.00. The predicted octanol–water partition coefficient (Wildman–Crippen LogP) is 2.39. The number of aromatic nitrogens is 3. The summed E-state index contributed by atoms with van der Waals surface area (Å²) < 4.78 is 1.42. The minimum Gasteiger partial charge on any atom is -0.298 e. The molecule has 0 aliphatic rings. The van der Waals surface area contributed by atoms with Crippen LogP contribution in [0, 0.1) is 0 Å². The van der Waals surface area contributed by atoms with Crippen LogP contribution in [0.4, 0.5) is 0 Å². The van der Waals surface area contributed by atoms with Gasteiger partial charge in [0.15, 0.2) is 11.4 Å². The van der Waals surface area contributed by atoms with Gasteiger partial charge in [-0.05, 0) is 18.2 Å². The highest BCUT2D eigenvalue weighted by molar-refractivity contribution is 6.31. The fraction of sp³-hybridized carbons (Fsp3) is 0. The van der Waals surface area contributed by atoms with Crippen molar-refractivity contribution in [2.45, 2.75) is 0 Å². The summed E-state index contributed by atoms with van der Waals surface area (Å²) in [5, 5.41) is 8.14. The van der Waals surface area contributed by atoms with E-state index in [1.54, 1.807) is 18.2 Å². The maximum absolute atomic E-state index is 10.8. The summed E-state index contributed by atoms with van der Waals surface area (Å²) in [5.74, 6) is 0. The summed E-state index contributed by atoms with van der Waals surface area (Å²) in [6.45, 7) is 0. The van der Waals surface area contributed by atoms with E-state index in [0.717, 1.165) is 0 Å². The molecule has 4 nitrogen and oxygen atoms in total. The van der Waals surface area contributed by atoms with Crippen molar-refractivity contribution in [2.24, 2.45) is 0 Å². The maximum Gasteiger partial charge on any atom is 0.171 e. The van der Waals surface area contributed by atoms with E-state index in [1.165, 1.54) is 10.9 Å². The van der Waals surface area contributed by atoms with Crippen molar-refractivity contribution in [3.63, 3.8) is 0 Å². The quantitative estimate of drug-likeness (QED) is 0.759. The van der Waals surface area contributed by atoms with E-state index < -0.39 is 0 Å². The highest BCUT2D eigenvalue weighted by atomic mass is 35.5. The number of aldehydes is 1. The molecule has 0 spiro atoms. The average Bonchev–Trinajstić information content (AvgIpc) is 2.64. The molecule has 0 saturated heterocycles. The molecular weight excluding hydrogens is 237 g/mol. The number of hydrogen-bond donors (Lipinski definition) is 0. The highest BCUT2D eigenvalue weighted by Gasteiger charge is 2.06. The minimum absolute atomic E-state index is 0.266. The van der Waals surface area contributed by atoms with Crippen LogP contribution in [0.25, 0.3) is 5.69 Å². The molecule has 0 fully saturated rings. The first kappa shape index (κ1) is 10.1. The molecule has 0 amide bonds. The van der Waals surface area contributed by atoms with Gasteiger partial charge in [0.2, 0.25) is 0 Å². The van der Waals surface area contributed by atoms with Crippen LogP contribution in [-0.2, 0) is 0 Å². The lowest BCUT2D eigenvalue weighted by Gasteiger charge is -2.03. The van der Waals surface area contributed by atoms with Gasteiger partial charge in [0.1, 0.15) is 0 Å². The summed E-state index contributed by atoms with van der Waals surface area (Å²) in [6, 6.07) is 4.90. The SMILES string of the molecule is O=Cc1cc(Cl)ccc1-n1cc(Cl)nn1. The molecule has 2 aromatic rings. The Balaban J connectivity index is 2.57. The minimum atomic E-state index is 0.266. The topological polar surface area (TPSA) is 47.8 Å². The van der Waals surface area contributed by atoms with E-state index in [4.69, 9.17) is 23.2 Å². The number of rotatable bonds is 2. The fourth-order valence-corrected chi connectivity index (χ4v) is 1.50. The molecule has 0 aliphatic heterocycles. The number of carbonyl (C=O) groups excluding carboxylic acids is 1. The van der Waals surface area contributed by atoms with Gasteiger partial charge >= 0.3 is 0 Å². The van der Waals surface area contributed by atoms with E-state index in [0.29, 0.717) is 22.6 Å². The Labute approximate surface area is 95.4 Å². The lowest BCUT2D eigenvalue weighted by molar-refractivity contribution is 0.112. The summed E-state index contributed by atoms with van der Waals surface area (Å²) in [5.41, 5.74) is 1.03. The first-order valence-electron chi connectivity index (χ1n) is 4.03. The molecule has 0 atom stereocenters. The van der Waals surface area contributed by atoms with Gasteiger partial charge in [0, 0.05) is 10.6 Å². The Kier molecular flexibility index (Phi) is 2.70. The van der Waals surface area contributed by atoms with E-state index >= 15 is 0 Å². The van der Waals surface area contributed by atoms with Crippen LogP contribution >= 0.6 is 23.2 Å². The Morgan fingerprint density at radius 1 is 1.33 bits per heavy atom. The highest BCUT2D eigenvalue weighted by Crippen LogP contribution is 2.18. The standard InChI is InChI=1S/C9H5Cl2N3O/c10-7-1-2-8(6(3-7)5-15)14-4-9(11)12-13-14/h1-5H. The van der Waals surface area contributed by atoms with Crippen molar-refractivity contribution in [2.75, 3.05) is 0 Å². The lowest BCUT2D eigenvalue weighted by Crippen LogP contribution is -1.99. The van der Waals surface area contributed by atoms with Crippen LogP contribution in [0.1, 0.15) is 10.4 Å². The predicted molar refractivity (Wildman–Crippen MR) is 56.8 cm³/mol. The van der Waals surface area contributed by atoms with Crippen molar-refractivity contribution >= 4 is 29.5 Å². The Morgan fingerprint density at radius 3 is 2.73 bits per heavy atom. The molecule has 0 radical (unpaired) electrons. The average molecular weight is 242 g/mol. The van der Waals surface area contributed by atoms with Gasteiger partial charge in [-0.1, -0.05) is 28.4 Å². The number of halogens is 2. The van der Waals surface area contributed by atoms with Gasteiger partial charge in [0.25, 0.3) is 0 Å². The first-order chi connectivity index (χ1) is 7.20. The second-order valence-electron chi connectivity index (χ2n) is 2.81. The molecule has 6 heteroatoms. The Morgan fingerprint density at radius 2 is 2.13 bits per heavy atom. The largest absolute Gasteiger partial charge is 0.298 e. The molecule has 1 aromatic carbocycles. The zero-order chi connectivity index (χ0) is 10.8. The molecule has 2 rings (SSSR count). The van der Waals surface area contributed by atoms with Gasteiger partial charge in [0.05, 0.1) is 11.9 Å². The molecule has 15 heavy (non-hydrogen) atoms. The van der Waals surface area contributed by atoms with E-state index in [1.807, 2.05) is 0 Å². The molecule has 0 aliphatic carbocycles. The molecular formula is C9H5Cl2N3O. The van der Waals surface area contributed by atoms with Gasteiger partial charge in [-0.25, -0.2) is 4.68 Å². The second-order valence-corrected chi connectivity index (χ2v) is 3.63. The molecule has 0 bridgehead atoms. The number of nitrogens with zero attached hydrogens (tertiary/aromatic N) is 3. The van der Waals surface area contributed by atoms with Crippen molar-refractivity contribution < 1.29 is 4.79 Å².